The van der Waals surface area contributed by atoms with E-state index in [1.807, 2.05) is 54.6 Å². The molecule has 0 spiro atoms. The minimum Gasteiger partial charge on any atom is -0.497 e. The van der Waals surface area contributed by atoms with E-state index in [4.69, 9.17) is 47.4 Å². The molecule has 15 heteroatoms. The first-order valence-corrected chi connectivity index (χ1v) is 18.8. The third kappa shape index (κ3) is 5.84. The molecule has 2 unspecified atom stereocenters. The zero-order valence-electron chi connectivity index (χ0n) is 33.2. The van der Waals surface area contributed by atoms with Gasteiger partial charge in [0.1, 0.15) is 58.4 Å². The average Bonchev–Trinajstić information content (AvgIpc) is 3.96. The van der Waals surface area contributed by atoms with Crippen molar-refractivity contribution in [3.05, 3.63) is 95.6 Å². The van der Waals surface area contributed by atoms with Crippen LogP contribution < -0.4 is 9.47 Å². The predicted molar refractivity (Wildman–Crippen MR) is 199 cm³/mol. The molecule has 0 saturated carbocycles. The highest BCUT2D eigenvalue weighted by molar-refractivity contribution is 5.94. The summed E-state index contributed by atoms with van der Waals surface area (Å²) in [7, 11) is 6.66. The van der Waals surface area contributed by atoms with Crippen molar-refractivity contribution < 1.29 is 71.3 Å². The van der Waals surface area contributed by atoms with Crippen LogP contribution in [0.3, 0.4) is 0 Å². The summed E-state index contributed by atoms with van der Waals surface area (Å²) in [5.74, 6) is -3.40. The fourth-order valence-electron chi connectivity index (χ4n) is 9.86. The van der Waals surface area contributed by atoms with Gasteiger partial charge in [-0.05, 0) is 41.0 Å². The van der Waals surface area contributed by atoms with Gasteiger partial charge in [-0.25, -0.2) is 0 Å². The highest BCUT2D eigenvalue weighted by atomic mass is 16.7. The van der Waals surface area contributed by atoms with Crippen LogP contribution in [0.4, 0.5) is 0 Å². The molecule has 0 amide bonds. The molecule has 4 fully saturated rings. The minimum absolute atomic E-state index is 0.244. The van der Waals surface area contributed by atoms with Crippen molar-refractivity contribution in [3.63, 3.8) is 0 Å². The summed E-state index contributed by atoms with van der Waals surface area (Å²) in [4.78, 5) is 67.6. The van der Waals surface area contributed by atoms with Crippen molar-refractivity contribution in [2.24, 2.45) is 16.7 Å². The van der Waals surface area contributed by atoms with Crippen LogP contribution in [-0.4, -0.2) is 108 Å². The molecule has 10 atom stereocenters. The third-order valence-corrected chi connectivity index (χ3v) is 12.1. The SMILES string of the molecule is COC(=O)CCC(=O)O[C@@H]1[C@H](C)C2O[C@H]1[C@]1(C(=O)OC)[C@@H]3OC([C@@H](OC(C)=O)[C@H]3OC(c3ccccc3)(c3ccc(OC)cc3)c3ccc(OC)cc3)[C@]21C(=O)OC. The molecule has 4 heterocycles. The lowest BCUT2D eigenvalue weighted by Crippen LogP contribution is -2.75. The van der Waals surface area contributed by atoms with Gasteiger partial charge in [-0.2, -0.15) is 0 Å². The summed E-state index contributed by atoms with van der Waals surface area (Å²) in [6, 6.07) is 23.8. The van der Waals surface area contributed by atoms with E-state index >= 15 is 0 Å². The second-order valence-corrected chi connectivity index (χ2v) is 14.7. The smallest absolute Gasteiger partial charge is 0.318 e. The molecule has 0 aliphatic carbocycles. The number of benzene rings is 3. The Kier molecular flexibility index (Phi) is 11.0. The molecular formula is C43H46O15. The molecule has 3 aromatic rings. The van der Waals surface area contributed by atoms with Gasteiger partial charge in [-0.1, -0.05) is 61.5 Å². The number of carbonyl (C=O) groups is 5. The van der Waals surface area contributed by atoms with Gasteiger partial charge in [0, 0.05) is 12.8 Å². The minimum atomic E-state index is -2.08. The van der Waals surface area contributed by atoms with E-state index in [0.717, 1.165) is 0 Å². The third-order valence-electron chi connectivity index (χ3n) is 12.1. The maximum absolute atomic E-state index is 14.8. The van der Waals surface area contributed by atoms with Crippen LogP contribution in [0.2, 0.25) is 0 Å². The van der Waals surface area contributed by atoms with Gasteiger partial charge in [-0.3, -0.25) is 24.0 Å². The number of ether oxygens (including phenoxy) is 10. The Bertz CT molecular complexity index is 1990. The van der Waals surface area contributed by atoms with Crippen LogP contribution in [0, 0.1) is 16.7 Å². The highest BCUT2D eigenvalue weighted by Crippen LogP contribution is 2.74. The molecular weight excluding hydrogens is 756 g/mol. The van der Waals surface area contributed by atoms with E-state index in [-0.39, 0.29) is 12.8 Å². The monoisotopic (exact) mass is 802 g/mol. The highest BCUT2D eigenvalue weighted by Gasteiger charge is 2.94. The van der Waals surface area contributed by atoms with Gasteiger partial charge in [0.25, 0.3) is 0 Å². The Balaban J connectivity index is 1.45. The van der Waals surface area contributed by atoms with Crippen molar-refractivity contribution in [1.82, 2.24) is 0 Å². The molecule has 0 aromatic heterocycles. The van der Waals surface area contributed by atoms with Crippen molar-refractivity contribution in [2.45, 2.75) is 75.0 Å². The van der Waals surface area contributed by atoms with Crippen LogP contribution in [0.15, 0.2) is 78.9 Å². The molecule has 4 bridgehead atoms. The maximum Gasteiger partial charge on any atom is 0.318 e. The largest absolute Gasteiger partial charge is 0.497 e. The van der Waals surface area contributed by atoms with Crippen molar-refractivity contribution in [1.29, 1.82) is 0 Å². The van der Waals surface area contributed by atoms with Crippen molar-refractivity contribution in [2.75, 3.05) is 35.5 Å². The van der Waals surface area contributed by atoms with Gasteiger partial charge >= 0.3 is 29.8 Å². The summed E-state index contributed by atoms with van der Waals surface area (Å²) in [5, 5.41) is 0. The van der Waals surface area contributed by atoms with E-state index in [0.29, 0.717) is 28.2 Å². The second-order valence-electron chi connectivity index (χ2n) is 14.7. The van der Waals surface area contributed by atoms with Crippen molar-refractivity contribution >= 4 is 29.8 Å². The Morgan fingerprint density at radius 3 is 1.53 bits per heavy atom. The standard InChI is InChI=1S/C43H46O15/c1-23-32(55-31(46)22-21-30(45)51-5)36-42(40(48)53-7)38-34(33(54-24(2)44)37(57-38)41(42,35(23)56-36)39(47)52-6)58-43(25-11-9-8-10-12-25,26-13-17-28(49-3)18-14-26)27-15-19-29(50-4)20-16-27/h8-20,23,32-38H,21-22H2,1-7H3/t23-,32+,33-,34+,35?,36+,37?,38+,41-,42+/m0/s1. The van der Waals surface area contributed by atoms with Crippen LogP contribution in [-0.2, 0) is 67.5 Å². The Morgan fingerprint density at radius 2 is 1.03 bits per heavy atom. The van der Waals surface area contributed by atoms with E-state index in [1.54, 1.807) is 45.4 Å². The quantitative estimate of drug-likeness (QED) is 0.131. The summed E-state index contributed by atoms with van der Waals surface area (Å²) in [6.45, 7) is 2.94. The number of hydrogen-bond acceptors (Lipinski definition) is 15. The Morgan fingerprint density at radius 1 is 0.569 bits per heavy atom. The number of methoxy groups -OCH3 is 5. The zero-order valence-corrected chi connectivity index (χ0v) is 33.2. The lowest BCUT2D eigenvalue weighted by Gasteiger charge is -2.53. The second kappa shape index (κ2) is 15.7. The predicted octanol–water partition coefficient (Wildman–Crippen LogP) is 3.69. The van der Waals surface area contributed by atoms with Crippen LogP contribution in [0.1, 0.15) is 43.4 Å². The van der Waals surface area contributed by atoms with Crippen LogP contribution >= 0.6 is 0 Å². The Hall–Kier alpha value is -5.51. The lowest BCUT2D eigenvalue weighted by atomic mass is 9.46. The van der Waals surface area contributed by atoms with E-state index < -0.39 is 94.9 Å². The van der Waals surface area contributed by atoms with Gasteiger partial charge in [-0.15, -0.1) is 0 Å². The van der Waals surface area contributed by atoms with Crippen LogP contribution in [0.5, 0.6) is 11.5 Å². The topological polar surface area (TPSA) is 178 Å². The first kappa shape index (κ1) is 40.7. The van der Waals surface area contributed by atoms with E-state index in [9.17, 15) is 24.0 Å². The molecule has 15 nitrogen and oxygen atoms in total. The molecule has 0 radical (unpaired) electrons. The fourth-order valence-corrected chi connectivity index (χ4v) is 9.86. The van der Waals surface area contributed by atoms with E-state index in [2.05, 4.69) is 0 Å². The number of carbonyl (C=O) groups excluding carboxylic acids is 5. The summed E-state index contributed by atoms with van der Waals surface area (Å²) in [6.07, 6.45) is -9.59. The normalized spacial score (nSPS) is 30.2. The molecule has 0 N–H and O–H groups in total. The summed E-state index contributed by atoms with van der Waals surface area (Å²) < 4.78 is 59.7. The molecule has 4 aliphatic heterocycles. The maximum atomic E-state index is 14.8. The first-order chi connectivity index (χ1) is 27.9. The number of fused-ring (bicyclic) bond motifs is 9. The first-order valence-electron chi connectivity index (χ1n) is 18.8. The van der Waals surface area contributed by atoms with Crippen molar-refractivity contribution in [3.8, 4) is 11.5 Å². The zero-order chi connectivity index (χ0) is 41.6. The molecule has 308 valence electrons. The lowest BCUT2D eigenvalue weighted by molar-refractivity contribution is -0.217. The molecule has 58 heavy (non-hydrogen) atoms. The molecule has 4 aliphatic rings. The number of hydrogen-bond donors (Lipinski definition) is 0. The summed E-state index contributed by atoms with van der Waals surface area (Å²) in [5.41, 5.74) is -3.67. The molecule has 3 aromatic carbocycles. The average molecular weight is 803 g/mol. The molecule has 4 saturated heterocycles. The van der Waals surface area contributed by atoms with E-state index in [1.165, 1.54) is 28.3 Å². The van der Waals surface area contributed by atoms with Crippen LogP contribution in [0.25, 0.3) is 0 Å². The number of esters is 5. The Labute approximate surface area is 335 Å². The van der Waals surface area contributed by atoms with Gasteiger partial charge in [0.15, 0.2) is 6.10 Å². The fraction of sp³-hybridized carbons (Fsp3) is 0.465. The molecule has 7 rings (SSSR count). The van der Waals surface area contributed by atoms with Gasteiger partial charge in [0.05, 0.1) is 54.5 Å². The van der Waals surface area contributed by atoms with Gasteiger partial charge in [0.2, 0.25) is 0 Å². The number of rotatable bonds is 14. The summed E-state index contributed by atoms with van der Waals surface area (Å²) >= 11 is 0. The van der Waals surface area contributed by atoms with Gasteiger partial charge < -0.3 is 47.4 Å².